The Labute approximate surface area is 190 Å². The first-order valence-electron chi connectivity index (χ1n) is 10.8. The Hall–Kier alpha value is -3.78. The summed E-state index contributed by atoms with van der Waals surface area (Å²) in [6, 6.07) is 7.63. The highest BCUT2D eigenvalue weighted by Gasteiger charge is 2.35. The fourth-order valence-corrected chi connectivity index (χ4v) is 4.62. The third kappa shape index (κ3) is 3.09. The van der Waals surface area contributed by atoms with E-state index < -0.39 is 5.60 Å². The zero-order valence-electron chi connectivity index (χ0n) is 19.2. The molecule has 8 heteroatoms. The quantitative estimate of drug-likeness (QED) is 0.429. The van der Waals surface area contributed by atoms with Gasteiger partial charge in [-0.1, -0.05) is 18.1 Å². The molecule has 4 aromatic heterocycles. The van der Waals surface area contributed by atoms with Crippen LogP contribution in [0, 0.1) is 13.8 Å². The number of hydrogen-bond acceptors (Lipinski definition) is 7. The summed E-state index contributed by atoms with van der Waals surface area (Å²) < 4.78 is 13.1. The lowest BCUT2D eigenvalue weighted by molar-refractivity contribution is 0.0642. The molecule has 0 radical (unpaired) electrons. The predicted molar refractivity (Wildman–Crippen MR) is 125 cm³/mol. The van der Waals surface area contributed by atoms with Gasteiger partial charge in [-0.05, 0) is 38.5 Å². The van der Waals surface area contributed by atoms with E-state index >= 15 is 0 Å². The zero-order valence-corrected chi connectivity index (χ0v) is 19.2. The van der Waals surface area contributed by atoms with Gasteiger partial charge in [-0.15, -0.1) is 0 Å². The average Bonchev–Trinajstić information content (AvgIpc) is 3.36. The summed E-state index contributed by atoms with van der Waals surface area (Å²) in [6.07, 6.45) is 5.55. The van der Waals surface area contributed by atoms with Crippen LogP contribution in [0.15, 0.2) is 47.4 Å². The summed E-state index contributed by atoms with van der Waals surface area (Å²) in [5.41, 5.74) is 4.33. The van der Waals surface area contributed by atoms with Gasteiger partial charge in [0.05, 0.1) is 35.6 Å². The van der Waals surface area contributed by atoms with Crippen molar-refractivity contribution < 1.29 is 14.4 Å². The van der Waals surface area contributed by atoms with E-state index in [0.717, 1.165) is 39.0 Å². The maximum absolute atomic E-state index is 11.7. The van der Waals surface area contributed by atoms with Crippen molar-refractivity contribution in [2.45, 2.75) is 32.8 Å². The number of aryl methyl sites for hydroxylation is 3. The highest BCUT2D eigenvalue weighted by molar-refractivity contribution is 6.05. The first-order valence-corrected chi connectivity index (χ1v) is 10.8. The molecule has 1 atom stereocenters. The minimum Gasteiger partial charge on any atom is -0.496 e. The second kappa shape index (κ2) is 7.67. The van der Waals surface area contributed by atoms with Gasteiger partial charge in [0.2, 0.25) is 0 Å². The molecule has 0 aliphatic heterocycles. The van der Waals surface area contributed by atoms with E-state index in [0.29, 0.717) is 29.1 Å². The van der Waals surface area contributed by atoms with Gasteiger partial charge < -0.3 is 18.9 Å². The van der Waals surface area contributed by atoms with Crippen LogP contribution >= 0.6 is 0 Å². The molecule has 0 amide bonds. The van der Waals surface area contributed by atoms with Crippen molar-refractivity contribution in [3.63, 3.8) is 0 Å². The first-order chi connectivity index (χ1) is 15.9. The molecule has 8 nitrogen and oxygen atoms in total. The van der Waals surface area contributed by atoms with Crippen LogP contribution in [-0.2, 0) is 12.6 Å². The Morgan fingerprint density at radius 3 is 2.64 bits per heavy atom. The van der Waals surface area contributed by atoms with Crippen molar-refractivity contribution in [1.82, 2.24) is 24.7 Å². The summed E-state index contributed by atoms with van der Waals surface area (Å²) in [7, 11) is 3.55. The molecule has 5 rings (SSSR count). The lowest BCUT2D eigenvalue weighted by Crippen LogP contribution is -2.30. The fourth-order valence-electron chi connectivity index (χ4n) is 4.62. The number of aliphatic hydroxyl groups is 1. The van der Waals surface area contributed by atoms with E-state index in [4.69, 9.17) is 14.2 Å². The second-order valence-electron chi connectivity index (χ2n) is 8.21. The van der Waals surface area contributed by atoms with Crippen molar-refractivity contribution in [3.8, 4) is 16.9 Å². The fraction of sp³-hybridized carbons (Fsp3) is 0.280. The van der Waals surface area contributed by atoms with Gasteiger partial charge in [-0.2, -0.15) is 0 Å². The Balaban J connectivity index is 1.78. The van der Waals surface area contributed by atoms with Gasteiger partial charge >= 0.3 is 0 Å². The SMILES string of the molecule is CCC(O)(c1cccnc1)c1nc2cnc3cc(-c4c(C)noc4C)c(OC)cc3c2n1C. The van der Waals surface area contributed by atoms with Crippen LogP contribution < -0.4 is 4.74 Å². The molecule has 168 valence electrons. The number of nitrogens with zero attached hydrogens (tertiary/aromatic N) is 5. The van der Waals surface area contributed by atoms with Gasteiger partial charge in [-0.25, -0.2) is 4.98 Å². The molecule has 0 aliphatic carbocycles. The van der Waals surface area contributed by atoms with Gasteiger partial charge in [0, 0.05) is 36.0 Å². The highest BCUT2D eigenvalue weighted by atomic mass is 16.5. The smallest absolute Gasteiger partial charge is 0.148 e. The van der Waals surface area contributed by atoms with Crippen molar-refractivity contribution in [2.24, 2.45) is 7.05 Å². The monoisotopic (exact) mass is 443 g/mol. The van der Waals surface area contributed by atoms with Gasteiger partial charge in [0.25, 0.3) is 0 Å². The number of methoxy groups -OCH3 is 1. The largest absolute Gasteiger partial charge is 0.496 e. The average molecular weight is 444 g/mol. The Morgan fingerprint density at radius 2 is 2.00 bits per heavy atom. The number of hydrogen-bond donors (Lipinski definition) is 1. The van der Waals surface area contributed by atoms with E-state index in [1.54, 1.807) is 25.7 Å². The van der Waals surface area contributed by atoms with Gasteiger partial charge in [-0.3, -0.25) is 9.97 Å². The minimum absolute atomic E-state index is 0.445. The van der Waals surface area contributed by atoms with Crippen LogP contribution in [0.2, 0.25) is 0 Å². The van der Waals surface area contributed by atoms with E-state index in [1.807, 2.05) is 56.7 Å². The Kier molecular flexibility index (Phi) is 4.90. The maximum atomic E-state index is 11.7. The van der Waals surface area contributed by atoms with Gasteiger partial charge in [0.15, 0.2) is 0 Å². The molecule has 0 saturated carbocycles. The highest BCUT2D eigenvalue weighted by Crippen LogP contribution is 2.40. The van der Waals surface area contributed by atoms with Crippen LogP contribution in [0.25, 0.3) is 33.1 Å². The summed E-state index contributed by atoms with van der Waals surface area (Å²) in [4.78, 5) is 13.7. The van der Waals surface area contributed by atoms with Crippen molar-refractivity contribution >= 4 is 21.9 Å². The number of aromatic nitrogens is 5. The van der Waals surface area contributed by atoms with E-state index in [9.17, 15) is 5.11 Å². The molecule has 4 heterocycles. The maximum Gasteiger partial charge on any atom is 0.148 e. The first kappa shape index (κ1) is 21.1. The topological polar surface area (TPSA) is 99.1 Å². The Morgan fingerprint density at radius 1 is 1.18 bits per heavy atom. The van der Waals surface area contributed by atoms with E-state index in [-0.39, 0.29) is 0 Å². The van der Waals surface area contributed by atoms with Crippen LogP contribution in [-0.4, -0.2) is 36.9 Å². The summed E-state index contributed by atoms with van der Waals surface area (Å²) in [6.45, 7) is 5.72. The summed E-state index contributed by atoms with van der Waals surface area (Å²) in [5.74, 6) is 1.95. The number of benzene rings is 1. The number of rotatable bonds is 5. The van der Waals surface area contributed by atoms with Crippen LogP contribution in [0.3, 0.4) is 0 Å². The molecule has 1 aromatic carbocycles. The van der Waals surface area contributed by atoms with Crippen LogP contribution in [0.5, 0.6) is 5.75 Å². The number of imidazole rings is 1. The van der Waals surface area contributed by atoms with Crippen molar-refractivity contribution in [2.75, 3.05) is 7.11 Å². The molecule has 5 aromatic rings. The standard InChI is InChI=1S/C25H25N5O3/c1-6-25(31,16-8-7-9-26-12-16)24-28-20-13-27-19-10-18(22-14(2)29-33-15(22)3)21(32-5)11-17(19)23(20)30(24)4/h7-13,31H,6H2,1-5H3. The van der Waals surface area contributed by atoms with Crippen molar-refractivity contribution in [3.05, 3.63) is 65.7 Å². The lowest BCUT2D eigenvalue weighted by atomic mass is 9.91. The number of fused-ring (bicyclic) bond motifs is 3. The molecule has 0 spiro atoms. The molecule has 1 unspecified atom stereocenters. The third-order valence-electron chi connectivity index (χ3n) is 6.34. The van der Waals surface area contributed by atoms with Crippen LogP contribution in [0.4, 0.5) is 0 Å². The molecule has 0 bridgehead atoms. The van der Waals surface area contributed by atoms with Crippen LogP contribution in [0.1, 0.15) is 36.2 Å². The molecule has 0 fully saturated rings. The molecule has 0 saturated heterocycles. The normalized spacial score (nSPS) is 13.5. The molecule has 1 N–H and O–H groups in total. The Bertz CT molecular complexity index is 1470. The zero-order chi connectivity index (χ0) is 23.3. The minimum atomic E-state index is -1.28. The van der Waals surface area contributed by atoms with E-state index in [2.05, 4.69) is 15.1 Å². The van der Waals surface area contributed by atoms with Gasteiger partial charge in [0.1, 0.15) is 28.5 Å². The molecular weight excluding hydrogens is 418 g/mol. The molecule has 33 heavy (non-hydrogen) atoms. The lowest BCUT2D eigenvalue weighted by Gasteiger charge is -2.26. The third-order valence-corrected chi connectivity index (χ3v) is 6.34. The van der Waals surface area contributed by atoms with Crippen molar-refractivity contribution in [1.29, 1.82) is 0 Å². The molecule has 0 aliphatic rings. The van der Waals surface area contributed by atoms with E-state index in [1.165, 1.54) is 0 Å². The number of pyridine rings is 2. The second-order valence-corrected chi connectivity index (χ2v) is 8.21. The number of ether oxygens (including phenoxy) is 1. The molecular formula is C25H25N5O3. The summed E-state index contributed by atoms with van der Waals surface area (Å²) in [5, 5.41) is 16.6. The predicted octanol–water partition coefficient (Wildman–Crippen LogP) is 4.44. The summed E-state index contributed by atoms with van der Waals surface area (Å²) >= 11 is 0.